The van der Waals surface area contributed by atoms with E-state index in [1.165, 1.54) is 0 Å². The molecule has 2 heterocycles. The van der Waals surface area contributed by atoms with E-state index >= 15 is 0 Å². The maximum absolute atomic E-state index is 13.9. The van der Waals surface area contributed by atoms with Crippen molar-refractivity contribution in [2.45, 2.75) is 63.3 Å². The minimum absolute atomic E-state index is 0.00296. The number of piperazine rings is 1. The van der Waals surface area contributed by atoms with Crippen LogP contribution in [0.3, 0.4) is 0 Å². The van der Waals surface area contributed by atoms with Crippen LogP contribution in [0.4, 0.5) is 0 Å². The summed E-state index contributed by atoms with van der Waals surface area (Å²) in [7, 11) is 0. The molecule has 1 unspecified atom stereocenters. The summed E-state index contributed by atoms with van der Waals surface area (Å²) < 4.78 is 0. The Labute approximate surface area is 172 Å². The number of hydrogen-bond donors (Lipinski definition) is 1. The Morgan fingerprint density at radius 1 is 1.17 bits per heavy atom. The number of rotatable bonds is 4. The highest BCUT2D eigenvalue weighted by Gasteiger charge is 2.55. The first kappa shape index (κ1) is 19.9. The zero-order valence-corrected chi connectivity index (χ0v) is 17.3. The number of fused-ring (bicyclic) bond motifs is 1. The topological polar surface area (TPSA) is 69.7 Å². The summed E-state index contributed by atoms with van der Waals surface area (Å²) in [5.74, 6) is -0.427. The zero-order valence-electron chi connectivity index (χ0n) is 17.3. The Balaban J connectivity index is 1.81. The fraction of sp³-hybridized carbons (Fsp3) is 0.609. The Bertz CT molecular complexity index is 800. The molecule has 156 valence electrons. The van der Waals surface area contributed by atoms with Gasteiger partial charge in [-0.3, -0.25) is 14.4 Å². The van der Waals surface area contributed by atoms with Gasteiger partial charge in [0.15, 0.2) is 0 Å². The molecule has 1 N–H and O–H groups in total. The van der Waals surface area contributed by atoms with E-state index in [4.69, 9.17) is 0 Å². The molecule has 1 spiro atoms. The molecule has 3 aliphatic rings. The first-order chi connectivity index (χ1) is 14.1. The first-order valence-electron chi connectivity index (χ1n) is 11.0. The standard InChI is InChI=1S/C23H31N3O3/c1-2-3-14-26-21(28)18-10-6-5-9-17(18)20(23(26)11-7-4-8-12-23)22(29)25-15-13-24-19(27)16-25/h5-6,9-10,20H,2-4,7-8,11-16H2,1H3,(H,24,27). The van der Waals surface area contributed by atoms with Crippen LogP contribution in [0.5, 0.6) is 0 Å². The molecule has 0 radical (unpaired) electrons. The molecule has 1 atom stereocenters. The van der Waals surface area contributed by atoms with Gasteiger partial charge < -0.3 is 15.1 Å². The van der Waals surface area contributed by atoms with Gasteiger partial charge in [-0.15, -0.1) is 0 Å². The molecule has 29 heavy (non-hydrogen) atoms. The largest absolute Gasteiger partial charge is 0.353 e. The van der Waals surface area contributed by atoms with E-state index < -0.39 is 5.54 Å². The van der Waals surface area contributed by atoms with Crippen molar-refractivity contribution in [1.82, 2.24) is 15.1 Å². The quantitative estimate of drug-likeness (QED) is 0.849. The lowest BCUT2D eigenvalue weighted by atomic mass is 9.65. The Morgan fingerprint density at radius 3 is 2.66 bits per heavy atom. The average molecular weight is 398 g/mol. The van der Waals surface area contributed by atoms with E-state index in [-0.39, 0.29) is 30.2 Å². The number of hydrogen-bond acceptors (Lipinski definition) is 3. The number of benzene rings is 1. The number of nitrogens with zero attached hydrogens (tertiary/aromatic N) is 2. The van der Waals surface area contributed by atoms with Gasteiger partial charge in [-0.1, -0.05) is 50.8 Å². The predicted molar refractivity (Wildman–Crippen MR) is 111 cm³/mol. The fourth-order valence-corrected chi connectivity index (χ4v) is 5.47. The Morgan fingerprint density at radius 2 is 1.93 bits per heavy atom. The second-order valence-corrected chi connectivity index (χ2v) is 8.60. The molecule has 2 fully saturated rings. The monoisotopic (exact) mass is 397 g/mol. The molecule has 1 saturated heterocycles. The number of nitrogens with one attached hydrogen (secondary N) is 1. The number of carbonyl (C=O) groups is 3. The van der Waals surface area contributed by atoms with Crippen LogP contribution in [0.1, 0.15) is 73.7 Å². The molecule has 4 rings (SSSR count). The van der Waals surface area contributed by atoms with E-state index in [9.17, 15) is 14.4 Å². The highest BCUT2D eigenvalue weighted by atomic mass is 16.2. The fourth-order valence-electron chi connectivity index (χ4n) is 5.47. The van der Waals surface area contributed by atoms with Crippen LogP contribution in [0.2, 0.25) is 0 Å². The maximum atomic E-state index is 13.9. The molecule has 0 bridgehead atoms. The molecule has 1 aliphatic carbocycles. The van der Waals surface area contributed by atoms with Gasteiger partial charge in [0, 0.05) is 25.2 Å². The van der Waals surface area contributed by atoms with E-state index in [1.54, 1.807) is 4.90 Å². The number of carbonyl (C=O) groups excluding carboxylic acids is 3. The van der Waals surface area contributed by atoms with Crippen LogP contribution in [0.25, 0.3) is 0 Å². The van der Waals surface area contributed by atoms with Crippen molar-refractivity contribution in [1.29, 1.82) is 0 Å². The summed E-state index contributed by atoms with van der Waals surface area (Å²) in [6.07, 6.45) is 6.85. The second kappa shape index (κ2) is 8.17. The minimum atomic E-state index is -0.468. The summed E-state index contributed by atoms with van der Waals surface area (Å²) in [5.41, 5.74) is 1.03. The highest BCUT2D eigenvalue weighted by molar-refractivity contribution is 6.02. The van der Waals surface area contributed by atoms with Gasteiger partial charge in [0.1, 0.15) is 0 Å². The normalized spacial score (nSPS) is 23.7. The third-order valence-electron chi connectivity index (χ3n) is 6.87. The summed E-state index contributed by atoms with van der Waals surface area (Å²) in [6, 6.07) is 7.61. The molecule has 1 saturated carbocycles. The number of unbranched alkanes of at least 4 members (excludes halogenated alkanes) is 1. The van der Waals surface area contributed by atoms with Crippen molar-refractivity contribution in [2.75, 3.05) is 26.2 Å². The molecular formula is C23H31N3O3. The van der Waals surface area contributed by atoms with Crippen LogP contribution < -0.4 is 5.32 Å². The van der Waals surface area contributed by atoms with Crippen LogP contribution in [0.15, 0.2) is 24.3 Å². The molecule has 2 aliphatic heterocycles. The molecule has 6 heteroatoms. The van der Waals surface area contributed by atoms with Crippen molar-refractivity contribution in [3.63, 3.8) is 0 Å². The zero-order chi connectivity index (χ0) is 20.4. The lowest BCUT2D eigenvalue weighted by molar-refractivity contribution is -0.143. The van der Waals surface area contributed by atoms with Crippen LogP contribution in [0, 0.1) is 0 Å². The summed E-state index contributed by atoms with van der Waals surface area (Å²) in [6.45, 7) is 3.95. The van der Waals surface area contributed by atoms with Crippen LogP contribution in [-0.4, -0.2) is 59.2 Å². The van der Waals surface area contributed by atoms with E-state index in [2.05, 4.69) is 12.2 Å². The van der Waals surface area contributed by atoms with E-state index in [0.717, 1.165) is 50.5 Å². The van der Waals surface area contributed by atoms with Gasteiger partial charge in [0.2, 0.25) is 11.8 Å². The summed E-state index contributed by atoms with van der Waals surface area (Å²) in [5, 5.41) is 2.81. The first-order valence-corrected chi connectivity index (χ1v) is 11.0. The second-order valence-electron chi connectivity index (χ2n) is 8.60. The molecule has 0 aromatic heterocycles. The average Bonchev–Trinajstić information content (AvgIpc) is 2.74. The minimum Gasteiger partial charge on any atom is -0.353 e. The number of amides is 3. The third-order valence-corrected chi connectivity index (χ3v) is 6.87. The Kier molecular flexibility index (Phi) is 5.61. The smallest absolute Gasteiger partial charge is 0.254 e. The molecule has 3 amide bonds. The lowest BCUT2D eigenvalue weighted by Crippen LogP contribution is -2.64. The SMILES string of the molecule is CCCCN1C(=O)c2ccccc2C(C(=O)N2CCNC(=O)C2)C12CCCCC2. The van der Waals surface area contributed by atoms with Crippen molar-refractivity contribution >= 4 is 17.7 Å². The van der Waals surface area contributed by atoms with Gasteiger partial charge >= 0.3 is 0 Å². The van der Waals surface area contributed by atoms with E-state index in [1.807, 2.05) is 29.2 Å². The Hall–Kier alpha value is -2.37. The van der Waals surface area contributed by atoms with Crippen molar-refractivity contribution < 1.29 is 14.4 Å². The predicted octanol–water partition coefficient (Wildman–Crippen LogP) is 2.69. The van der Waals surface area contributed by atoms with Crippen LogP contribution >= 0.6 is 0 Å². The molecule has 1 aromatic carbocycles. The molecular weight excluding hydrogens is 366 g/mol. The lowest BCUT2D eigenvalue weighted by Gasteiger charge is -2.54. The molecule has 6 nitrogen and oxygen atoms in total. The van der Waals surface area contributed by atoms with Crippen molar-refractivity contribution in [3.8, 4) is 0 Å². The van der Waals surface area contributed by atoms with Gasteiger partial charge in [-0.05, 0) is 30.9 Å². The van der Waals surface area contributed by atoms with E-state index in [0.29, 0.717) is 25.2 Å². The maximum Gasteiger partial charge on any atom is 0.254 e. The van der Waals surface area contributed by atoms with Gasteiger partial charge in [0.05, 0.1) is 18.0 Å². The van der Waals surface area contributed by atoms with Crippen molar-refractivity contribution in [3.05, 3.63) is 35.4 Å². The van der Waals surface area contributed by atoms with Crippen molar-refractivity contribution in [2.24, 2.45) is 0 Å². The van der Waals surface area contributed by atoms with Gasteiger partial charge in [0.25, 0.3) is 5.91 Å². The van der Waals surface area contributed by atoms with Gasteiger partial charge in [-0.25, -0.2) is 0 Å². The molecule has 1 aromatic rings. The van der Waals surface area contributed by atoms with Gasteiger partial charge in [-0.2, -0.15) is 0 Å². The summed E-state index contributed by atoms with van der Waals surface area (Å²) in [4.78, 5) is 43.1. The third kappa shape index (κ3) is 3.43. The highest BCUT2D eigenvalue weighted by Crippen LogP contribution is 2.50. The summed E-state index contributed by atoms with van der Waals surface area (Å²) >= 11 is 0. The van der Waals surface area contributed by atoms with Crippen LogP contribution in [-0.2, 0) is 9.59 Å².